The first-order chi connectivity index (χ1) is 8.08. The van der Waals surface area contributed by atoms with Crippen LogP contribution in [0.3, 0.4) is 0 Å². The molecule has 0 bridgehead atoms. The Morgan fingerprint density at radius 3 is 0.944 bits per heavy atom. The van der Waals surface area contributed by atoms with Gasteiger partial charge in [-0.1, -0.05) is 20.8 Å². The molecule has 18 heavy (non-hydrogen) atoms. The van der Waals surface area contributed by atoms with Gasteiger partial charge in [0.1, 0.15) is 0 Å². The summed E-state index contributed by atoms with van der Waals surface area (Å²) in [5.41, 5.74) is 0. The molecule has 1 saturated heterocycles. The van der Waals surface area contributed by atoms with Gasteiger partial charge in [-0.2, -0.15) is 0 Å². The maximum absolute atomic E-state index is 12.2. The molecular weight excluding hydrogens is 303 g/mol. The van der Waals surface area contributed by atoms with Gasteiger partial charge in [0.05, 0.1) is 0 Å². The smallest absolute Gasteiger partial charge is 0.321 e. The van der Waals surface area contributed by atoms with Gasteiger partial charge in [-0.25, -0.2) is 0 Å². The highest BCUT2D eigenvalue weighted by atomic mass is 31.3. The van der Waals surface area contributed by atoms with Crippen LogP contribution in [-0.2, 0) is 13.7 Å². The van der Waals surface area contributed by atoms with E-state index in [9.17, 15) is 28.4 Å². The van der Waals surface area contributed by atoms with Crippen molar-refractivity contribution in [3.8, 4) is 0 Å². The van der Waals surface area contributed by atoms with Gasteiger partial charge in [0.15, 0.2) is 0 Å². The summed E-state index contributed by atoms with van der Waals surface area (Å²) in [6.45, 7) is 3.74. The summed E-state index contributed by atoms with van der Waals surface area (Å²) in [4.78, 5) is 29.7. The lowest BCUT2D eigenvalue weighted by atomic mass is 10.8. The Bertz CT molecular complexity index is 379. The van der Waals surface area contributed by atoms with Crippen LogP contribution in [0, 0.1) is 0 Å². The second-order valence-corrected chi connectivity index (χ2v) is 10.5. The van der Waals surface area contributed by atoms with Crippen molar-refractivity contribution < 1.29 is 28.4 Å². The Morgan fingerprint density at radius 2 is 0.833 bits per heavy atom. The molecule has 1 fully saturated rings. The third kappa shape index (κ3) is 2.18. The van der Waals surface area contributed by atoms with E-state index in [1.54, 1.807) is 0 Å². The average molecular weight is 321 g/mol. The van der Waals surface area contributed by atoms with Crippen molar-refractivity contribution in [2.75, 3.05) is 19.6 Å². The topological polar surface area (TPSA) is 122 Å². The average Bonchev–Trinajstić information content (AvgIpc) is 2.15. The van der Waals surface area contributed by atoms with E-state index in [4.69, 9.17) is 0 Å². The molecule has 1 heterocycles. The molecule has 0 aromatic heterocycles. The maximum atomic E-state index is 12.2. The lowest BCUT2D eigenvalue weighted by Crippen LogP contribution is -2.41. The van der Waals surface area contributed by atoms with Gasteiger partial charge in [-0.15, -0.1) is 13.3 Å². The minimum atomic E-state index is -4.50. The molecule has 9 nitrogen and oxygen atoms in total. The van der Waals surface area contributed by atoms with Crippen LogP contribution in [0.15, 0.2) is 0 Å². The van der Waals surface area contributed by atoms with E-state index in [-0.39, 0.29) is 19.6 Å². The van der Waals surface area contributed by atoms with Gasteiger partial charge in [0.2, 0.25) is 0 Å². The summed E-state index contributed by atoms with van der Waals surface area (Å²) in [5.74, 6) is 0. The number of rotatable bonds is 3. The molecule has 0 aliphatic carbocycles. The van der Waals surface area contributed by atoms with Crippen molar-refractivity contribution in [3.05, 3.63) is 0 Å². The van der Waals surface area contributed by atoms with E-state index in [2.05, 4.69) is 0 Å². The van der Waals surface area contributed by atoms with Crippen LogP contribution in [0.5, 0.6) is 0 Å². The van der Waals surface area contributed by atoms with Crippen molar-refractivity contribution in [2.24, 2.45) is 0 Å². The van der Waals surface area contributed by atoms with Crippen molar-refractivity contribution in [1.29, 1.82) is 0 Å². The van der Waals surface area contributed by atoms with E-state index >= 15 is 0 Å². The van der Waals surface area contributed by atoms with Gasteiger partial charge in [0, 0.05) is 19.6 Å². The molecule has 108 valence electrons. The van der Waals surface area contributed by atoms with Crippen molar-refractivity contribution in [3.63, 3.8) is 0 Å². The fourth-order valence-electron chi connectivity index (χ4n) is 1.92. The quantitative estimate of drug-likeness (QED) is 0.659. The molecular formula is C6H18N3O6P3. The molecule has 0 spiro atoms. The lowest BCUT2D eigenvalue weighted by Gasteiger charge is -2.47. The predicted molar refractivity (Wildman–Crippen MR) is 66.6 cm³/mol. The Labute approximate surface area is 106 Å². The van der Waals surface area contributed by atoms with E-state index in [1.165, 1.54) is 20.8 Å². The molecule has 0 unspecified atom stereocenters. The summed E-state index contributed by atoms with van der Waals surface area (Å²) in [6, 6.07) is 0. The summed E-state index contributed by atoms with van der Waals surface area (Å²) >= 11 is 0. The van der Waals surface area contributed by atoms with E-state index in [0.717, 1.165) is 0 Å². The third-order valence-electron chi connectivity index (χ3n) is 2.65. The van der Waals surface area contributed by atoms with Crippen LogP contribution in [-0.4, -0.2) is 47.6 Å². The van der Waals surface area contributed by atoms with Gasteiger partial charge in [-0.3, -0.25) is 13.7 Å². The Balaban J connectivity index is 3.52. The molecule has 1 aliphatic rings. The zero-order valence-corrected chi connectivity index (χ0v) is 13.1. The highest BCUT2D eigenvalue weighted by Gasteiger charge is 2.63. The molecule has 3 N–H and O–H groups in total. The Hall–Kier alpha value is 0.450. The largest absolute Gasteiger partial charge is 0.360 e. The minimum absolute atomic E-state index is 0.186. The second kappa shape index (κ2) is 5.09. The minimum Gasteiger partial charge on any atom is -0.321 e. The normalized spacial score (nSPS) is 44.3. The first kappa shape index (κ1) is 16.5. The number of hydrogen-bond acceptors (Lipinski definition) is 3. The van der Waals surface area contributed by atoms with Crippen molar-refractivity contribution in [1.82, 2.24) is 13.3 Å². The fraction of sp³-hybridized carbons (Fsp3) is 1.00. The van der Waals surface area contributed by atoms with Crippen LogP contribution in [0.2, 0.25) is 0 Å². The van der Waals surface area contributed by atoms with Gasteiger partial charge >= 0.3 is 23.0 Å². The molecule has 0 amide bonds. The molecule has 1 rings (SSSR count). The van der Waals surface area contributed by atoms with Crippen LogP contribution in [0.4, 0.5) is 0 Å². The maximum Gasteiger partial charge on any atom is 0.360 e. The predicted octanol–water partition coefficient (Wildman–Crippen LogP) is 1.27. The zero-order valence-electron chi connectivity index (χ0n) is 10.4. The number of hydrogen-bond donors (Lipinski definition) is 3. The molecule has 0 aromatic carbocycles. The van der Waals surface area contributed by atoms with E-state index in [0.29, 0.717) is 13.3 Å². The molecule has 0 aromatic rings. The summed E-state index contributed by atoms with van der Waals surface area (Å²) in [7, 11) is -13.5. The van der Waals surface area contributed by atoms with Gasteiger partial charge in [0.25, 0.3) is 0 Å². The van der Waals surface area contributed by atoms with Crippen LogP contribution in [0.25, 0.3) is 0 Å². The van der Waals surface area contributed by atoms with Crippen LogP contribution >= 0.6 is 23.0 Å². The first-order valence-electron chi connectivity index (χ1n) is 5.42. The summed E-state index contributed by atoms with van der Waals surface area (Å²) in [5, 5.41) is 0. The SMILES string of the molecule is CCN1P(=O)(O)N(CC)P(=O)(O)N(CC)P1(=O)O. The van der Waals surface area contributed by atoms with Crippen molar-refractivity contribution in [2.45, 2.75) is 20.8 Å². The third-order valence-corrected chi connectivity index (χ3v) is 12.2. The van der Waals surface area contributed by atoms with Crippen LogP contribution in [0.1, 0.15) is 20.8 Å². The zero-order chi connectivity index (χ0) is 14.4. The molecule has 1 aliphatic heterocycles. The highest BCUT2D eigenvalue weighted by molar-refractivity contribution is 7.83. The molecule has 0 atom stereocenters. The van der Waals surface area contributed by atoms with Crippen LogP contribution < -0.4 is 0 Å². The monoisotopic (exact) mass is 321 g/mol. The van der Waals surface area contributed by atoms with E-state index < -0.39 is 23.0 Å². The standard InChI is InChI=1S/C6H18N3O6P3/c1-4-7-16(10,11)8(5-2)18(14,15)9(6-3)17(7,12)13/h4-6H2,1-3H3,(H,10,11)(H,12,13)(H,14,15). The Kier molecular flexibility index (Phi) is 4.67. The van der Waals surface area contributed by atoms with Gasteiger partial charge in [-0.05, 0) is 0 Å². The Morgan fingerprint density at radius 1 is 0.667 bits per heavy atom. The molecule has 12 heteroatoms. The number of nitrogens with zero attached hydrogens (tertiary/aromatic N) is 3. The second-order valence-electron chi connectivity index (χ2n) is 3.61. The van der Waals surface area contributed by atoms with Gasteiger partial charge < -0.3 is 14.7 Å². The highest BCUT2D eigenvalue weighted by Crippen LogP contribution is 2.82. The van der Waals surface area contributed by atoms with Crippen molar-refractivity contribution >= 4 is 23.0 Å². The fourth-order valence-corrected chi connectivity index (χ4v) is 10.8. The summed E-state index contributed by atoms with van der Waals surface area (Å²) < 4.78 is 38.0. The summed E-state index contributed by atoms with van der Waals surface area (Å²) in [6.07, 6.45) is 0. The first-order valence-corrected chi connectivity index (χ1v) is 10.1. The molecule has 0 radical (unpaired) electrons. The lowest BCUT2D eigenvalue weighted by molar-refractivity contribution is 0.268. The molecule has 0 saturated carbocycles. The van der Waals surface area contributed by atoms with E-state index in [1.807, 2.05) is 0 Å².